The van der Waals surface area contributed by atoms with Crippen LogP contribution in [0.25, 0.3) is 10.9 Å². The van der Waals surface area contributed by atoms with Crippen molar-refractivity contribution in [2.45, 2.75) is 30.6 Å². The van der Waals surface area contributed by atoms with Crippen LogP contribution in [0.3, 0.4) is 0 Å². The molecule has 2 nitrogen and oxygen atoms in total. The van der Waals surface area contributed by atoms with Crippen LogP contribution in [0, 0.1) is 0 Å². The minimum absolute atomic E-state index is 0.0822. The Morgan fingerprint density at radius 1 is 1.18 bits per heavy atom. The summed E-state index contributed by atoms with van der Waals surface area (Å²) in [5, 5.41) is -0.746. The van der Waals surface area contributed by atoms with Gasteiger partial charge in [-0.1, -0.05) is 19.4 Å². The van der Waals surface area contributed by atoms with Crippen molar-refractivity contribution in [3.63, 3.8) is 0 Å². The molecule has 0 saturated heterocycles. The molecule has 0 N–H and O–H groups in total. The number of halogens is 5. The summed E-state index contributed by atoms with van der Waals surface area (Å²) < 4.78 is 176. The van der Waals surface area contributed by atoms with Crippen molar-refractivity contribution in [2.75, 3.05) is 14.0 Å². The second-order valence-electron chi connectivity index (χ2n) is 4.53. The van der Waals surface area contributed by atoms with Gasteiger partial charge in [0.15, 0.2) is 0 Å². The summed E-state index contributed by atoms with van der Waals surface area (Å²) in [4.78, 5) is -3.33. The van der Waals surface area contributed by atoms with E-state index >= 15 is 0 Å². The predicted molar refractivity (Wildman–Crippen MR) is 81.1 cm³/mol. The molecule has 2 aromatic rings. The SMILES string of the molecule is [2H]C([2H])([2H])N(C([2H])([2H])[2H])C(C([2H])([2H])[2H])(C([2H])([2H])[2H])C([2H])([2H])n1ccc2cc(S(F)(F)(F)(F)F)ccc21. The summed E-state index contributed by atoms with van der Waals surface area (Å²) in [6, 6.07) is 0.702. The van der Waals surface area contributed by atoms with E-state index in [1.807, 2.05) is 0 Å². The average molecular weight is 356 g/mol. The Kier molecular flexibility index (Phi) is 1.20. The molecule has 0 radical (unpaired) electrons. The van der Waals surface area contributed by atoms with Crippen molar-refractivity contribution in [3.05, 3.63) is 30.5 Å². The highest BCUT2D eigenvalue weighted by molar-refractivity contribution is 8.45. The van der Waals surface area contributed by atoms with Gasteiger partial charge in [-0.25, -0.2) is 0 Å². The van der Waals surface area contributed by atoms with Crippen LogP contribution < -0.4 is 0 Å². The second-order valence-corrected chi connectivity index (χ2v) is 6.94. The smallest absolute Gasteiger partial charge is 0.310 e. The van der Waals surface area contributed by atoms with Crippen molar-refractivity contribution in [3.8, 4) is 0 Å². The molecule has 126 valence electrons. The Bertz CT molecular complexity index is 1130. The third-order valence-electron chi connectivity index (χ3n) is 2.72. The molecule has 0 amide bonds. The first-order valence-electron chi connectivity index (χ1n) is 12.5. The summed E-state index contributed by atoms with van der Waals surface area (Å²) in [7, 11) is -10.2. The maximum atomic E-state index is 13.2. The normalized spacial score (nSPS) is 29.2. The molecule has 0 fully saturated rings. The molecule has 22 heavy (non-hydrogen) atoms. The van der Waals surface area contributed by atoms with Crippen LogP contribution in [0.2, 0.25) is 0 Å². The number of fused-ring (bicyclic) bond motifs is 1. The van der Waals surface area contributed by atoms with E-state index < -0.39 is 70.6 Å². The lowest BCUT2D eigenvalue weighted by Gasteiger charge is -2.40. The van der Waals surface area contributed by atoms with Crippen molar-refractivity contribution in [1.29, 1.82) is 0 Å². The molecule has 1 heterocycles. The Balaban J connectivity index is 3.08. The average Bonchev–Trinajstić information content (AvgIpc) is 2.96. The molecule has 0 spiro atoms. The Morgan fingerprint density at radius 2 is 1.86 bits per heavy atom. The number of aromatic nitrogens is 1. The number of likely N-dealkylation sites (N-methyl/N-ethyl adjacent to an activating group) is 1. The molecule has 0 saturated carbocycles. The molecular weight excluding hydrogens is 323 g/mol. The minimum atomic E-state index is -10.2. The maximum absolute atomic E-state index is 13.2. The van der Waals surface area contributed by atoms with Gasteiger partial charge in [-0.2, -0.15) is 0 Å². The fourth-order valence-electron chi connectivity index (χ4n) is 1.68. The largest absolute Gasteiger partial charge is 0.346 e. The van der Waals surface area contributed by atoms with Crippen molar-refractivity contribution in [1.82, 2.24) is 9.47 Å². The maximum Gasteiger partial charge on any atom is 0.310 e. The number of hydrogen-bond donors (Lipinski definition) is 0. The summed E-state index contributed by atoms with van der Waals surface area (Å²) in [5.74, 6) is 0. The number of nitrogens with zero attached hydrogens (tertiary/aromatic N) is 2. The van der Waals surface area contributed by atoms with E-state index in [-0.39, 0.29) is 16.7 Å². The third kappa shape index (κ3) is 3.38. The van der Waals surface area contributed by atoms with Crippen molar-refractivity contribution >= 4 is 21.1 Å². The number of benzene rings is 1. The monoisotopic (exact) mass is 356 g/mol. The van der Waals surface area contributed by atoms with Gasteiger partial charge in [0.05, 0.1) is 2.74 Å². The first-order chi connectivity index (χ1) is 15.3. The summed E-state index contributed by atoms with van der Waals surface area (Å²) in [5.41, 5.74) is -5.12. The molecule has 2 rings (SSSR count). The fraction of sp³-hybridized carbons (Fsp3) is 0.429. The Morgan fingerprint density at radius 3 is 2.41 bits per heavy atom. The standard InChI is InChI=1S/C14H19F5N2S/c1-14(2,20(3)4)10-21-8-7-11-9-12(5-6-13(11)21)22(15,16,17,18)19/h5-9H,10H2,1-4H3/i1D3,2D3,3D3,4D3,10D2. The number of rotatable bonds is 4. The van der Waals surface area contributed by atoms with Gasteiger partial charge in [-0.3, -0.25) is 0 Å². The van der Waals surface area contributed by atoms with Crippen LogP contribution in [0.4, 0.5) is 19.4 Å². The first-order valence-corrected chi connectivity index (χ1v) is 7.41. The number of hydrogen-bond acceptors (Lipinski definition) is 1. The highest BCUT2D eigenvalue weighted by Gasteiger charge is 2.65. The fourth-order valence-corrected chi connectivity index (χ4v) is 2.36. The van der Waals surface area contributed by atoms with Crippen LogP contribution in [-0.2, 0) is 6.50 Å². The zero-order valence-corrected chi connectivity index (χ0v) is 11.4. The van der Waals surface area contributed by atoms with Crippen LogP contribution in [0.15, 0.2) is 35.4 Å². The zero-order chi connectivity index (χ0) is 28.8. The Hall–Kier alpha value is -1.28. The molecule has 0 unspecified atom stereocenters. The highest BCUT2D eigenvalue weighted by atomic mass is 32.5. The topological polar surface area (TPSA) is 8.17 Å². The third-order valence-corrected chi connectivity index (χ3v) is 3.87. The quantitative estimate of drug-likeness (QED) is 0.644. The zero-order valence-electron chi connectivity index (χ0n) is 24.6. The van der Waals surface area contributed by atoms with E-state index in [0.29, 0.717) is 18.3 Å². The molecule has 1 aromatic carbocycles. The molecule has 0 aliphatic carbocycles. The van der Waals surface area contributed by atoms with E-state index in [2.05, 4.69) is 0 Å². The van der Waals surface area contributed by atoms with E-state index in [1.165, 1.54) is 0 Å². The van der Waals surface area contributed by atoms with Crippen LogP contribution in [0.1, 0.15) is 32.9 Å². The molecule has 0 aliphatic rings. The lowest BCUT2D eigenvalue weighted by Crippen LogP contribution is -2.41. The van der Waals surface area contributed by atoms with Gasteiger partial charge in [0, 0.05) is 45.6 Å². The first kappa shape index (κ1) is 6.32. The van der Waals surface area contributed by atoms with E-state index in [9.17, 15) is 19.4 Å². The van der Waals surface area contributed by atoms with Gasteiger partial charge in [-0.15, -0.1) is 0 Å². The molecule has 8 heteroatoms. The van der Waals surface area contributed by atoms with Crippen LogP contribution in [0.5, 0.6) is 0 Å². The van der Waals surface area contributed by atoms with Gasteiger partial charge in [0.2, 0.25) is 0 Å². The summed E-state index contributed by atoms with van der Waals surface area (Å²) in [6.45, 7) is -20.6. The van der Waals surface area contributed by atoms with Gasteiger partial charge < -0.3 is 9.47 Å². The van der Waals surface area contributed by atoms with Gasteiger partial charge in [0.1, 0.15) is 4.90 Å². The Labute approximate surface area is 145 Å². The van der Waals surface area contributed by atoms with Gasteiger partial charge in [0.25, 0.3) is 0 Å². The van der Waals surface area contributed by atoms with E-state index in [1.54, 1.807) is 0 Å². The lowest BCUT2D eigenvalue weighted by atomic mass is 10.0. The second kappa shape index (κ2) is 4.17. The molecule has 0 bridgehead atoms. The van der Waals surface area contributed by atoms with Crippen molar-refractivity contribution < 1.29 is 38.6 Å². The van der Waals surface area contributed by atoms with E-state index in [4.69, 9.17) is 19.2 Å². The van der Waals surface area contributed by atoms with Gasteiger partial charge >= 0.3 is 10.2 Å². The minimum Gasteiger partial charge on any atom is -0.346 e. The predicted octanol–water partition coefficient (Wildman–Crippen LogP) is 5.64. The molecular formula is C14H19F5N2S. The molecule has 1 aromatic heterocycles. The lowest BCUT2D eigenvalue weighted by molar-refractivity contribution is 0.171. The molecule has 0 atom stereocenters. The van der Waals surface area contributed by atoms with E-state index in [0.717, 1.165) is 0 Å². The van der Waals surface area contributed by atoms with Crippen LogP contribution >= 0.6 is 10.2 Å². The summed E-state index contributed by atoms with van der Waals surface area (Å²) in [6.07, 6.45) is 0.503. The van der Waals surface area contributed by atoms with Crippen molar-refractivity contribution in [2.24, 2.45) is 0 Å². The molecule has 0 aliphatic heterocycles. The van der Waals surface area contributed by atoms with Crippen LogP contribution in [-0.4, -0.2) is 29.0 Å². The summed E-state index contributed by atoms with van der Waals surface area (Å²) >= 11 is 0. The highest BCUT2D eigenvalue weighted by Crippen LogP contribution is 3.02. The van der Waals surface area contributed by atoms with Gasteiger partial charge in [-0.05, 0) is 51.9 Å².